The summed E-state index contributed by atoms with van der Waals surface area (Å²) >= 11 is 0. The number of benzene rings is 3. The van der Waals surface area contributed by atoms with E-state index in [-0.39, 0.29) is 35.1 Å². The summed E-state index contributed by atoms with van der Waals surface area (Å²) in [7, 11) is 12.6. The Labute approximate surface area is 342 Å². The SMILES string of the molecule is Br.CCO.CCOC(=O)c1cnc2ccccc2c1.CO.CO.COC.N#Cc1cnc2ccccc2c1.O=C(O)c1cnc2ccccc2c1.O=S(Cl)Cl. The van der Waals surface area contributed by atoms with Crippen molar-refractivity contribution in [3.05, 3.63) is 126 Å². The third-order valence-electron chi connectivity index (χ3n) is 5.66. The van der Waals surface area contributed by atoms with E-state index in [0.29, 0.717) is 17.7 Å². The summed E-state index contributed by atoms with van der Waals surface area (Å²) in [6.45, 7) is 4.10. The van der Waals surface area contributed by atoms with Gasteiger partial charge in [0.2, 0.25) is 9.23 Å². The average molecular weight is 885 g/mol. The Hall–Kier alpha value is -4.63. The van der Waals surface area contributed by atoms with Crippen molar-refractivity contribution in [1.29, 1.82) is 5.26 Å². The summed E-state index contributed by atoms with van der Waals surface area (Å²) in [4.78, 5) is 34.4. The Morgan fingerprint density at radius 3 is 1.42 bits per heavy atom. The van der Waals surface area contributed by atoms with E-state index in [1.54, 1.807) is 52.6 Å². The Morgan fingerprint density at radius 1 is 0.727 bits per heavy atom. The summed E-state index contributed by atoms with van der Waals surface area (Å²) in [5.74, 6) is -1.27. The number of fused-ring (bicyclic) bond motifs is 3. The number of hydrogen-bond donors (Lipinski definition) is 4. The average Bonchev–Trinajstić information content (AvgIpc) is 3.20. The molecule has 4 N–H and O–H groups in total. The molecule has 0 fully saturated rings. The number of aromatic carboxylic acids is 1. The topological polar surface area (TPSA) is 213 Å². The second-order valence-corrected chi connectivity index (χ2v) is 11.8. The van der Waals surface area contributed by atoms with E-state index in [4.69, 9.17) is 34.6 Å². The van der Waals surface area contributed by atoms with Crippen LogP contribution in [-0.4, -0.2) is 93.2 Å². The lowest BCUT2D eigenvalue weighted by Crippen LogP contribution is -2.04. The highest BCUT2D eigenvalue weighted by Crippen LogP contribution is 2.14. The third kappa shape index (κ3) is 23.7. The molecule has 0 aliphatic heterocycles. The highest BCUT2D eigenvalue weighted by Gasteiger charge is 2.07. The number of rotatable bonds is 3. The van der Waals surface area contributed by atoms with Gasteiger partial charge in [0.05, 0.1) is 39.8 Å². The summed E-state index contributed by atoms with van der Waals surface area (Å²) in [6.07, 6.45) is 4.49. The summed E-state index contributed by atoms with van der Waals surface area (Å²) in [5.41, 5.74) is 3.94. The van der Waals surface area contributed by atoms with Gasteiger partial charge < -0.3 is 29.9 Å². The lowest BCUT2D eigenvalue weighted by atomic mass is 10.1. The summed E-state index contributed by atoms with van der Waals surface area (Å²) in [6, 6.07) is 30.1. The van der Waals surface area contributed by atoms with Crippen molar-refractivity contribution < 1.29 is 43.7 Å². The van der Waals surface area contributed by atoms with Crippen LogP contribution in [0.2, 0.25) is 0 Å². The van der Waals surface area contributed by atoms with E-state index < -0.39 is 15.2 Å². The largest absolute Gasteiger partial charge is 0.478 e. The van der Waals surface area contributed by atoms with Crippen molar-refractivity contribution in [3.8, 4) is 6.07 Å². The van der Waals surface area contributed by atoms with Crippen LogP contribution in [0.4, 0.5) is 0 Å². The number of ether oxygens (including phenoxy) is 2. The number of halogens is 3. The number of aromatic nitrogens is 3. The first-order chi connectivity index (χ1) is 26.0. The van der Waals surface area contributed by atoms with Gasteiger partial charge in [-0.1, -0.05) is 54.6 Å². The monoisotopic (exact) mass is 882 g/mol. The number of carbonyl (C=O) groups excluding carboxylic acids is 1. The quantitative estimate of drug-likeness (QED) is 0.1000. The van der Waals surface area contributed by atoms with Crippen LogP contribution in [0.1, 0.15) is 40.1 Å². The molecule has 0 saturated heterocycles. The molecule has 17 heteroatoms. The fourth-order valence-corrected chi connectivity index (χ4v) is 3.72. The molecule has 6 rings (SSSR count). The van der Waals surface area contributed by atoms with Crippen molar-refractivity contribution in [1.82, 2.24) is 15.0 Å². The highest BCUT2D eigenvalue weighted by atomic mass is 79.9. The first-order valence-electron chi connectivity index (χ1n) is 15.5. The van der Waals surface area contributed by atoms with E-state index in [1.165, 1.54) is 6.20 Å². The molecule has 0 bridgehead atoms. The zero-order valence-electron chi connectivity index (χ0n) is 31.0. The van der Waals surface area contributed by atoms with E-state index in [2.05, 4.69) is 47.1 Å². The van der Waals surface area contributed by atoms with Crippen molar-refractivity contribution in [2.45, 2.75) is 13.8 Å². The van der Waals surface area contributed by atoms with Crippen LogP contribution < -0.4 is 0 Å². The number of nitrogens with zero attached hydrogens (tertiary/aromatic N) is 4. The van der Waals surface area contributed by atoms with Crippen molar-refractivity contribution in [3.63, 3.8) is 0 Å². The zero-order chi connectivity index (χ0) is 41.3. The number of hydrogen-bond acceptors (Lipinski definition) is 12. The number of carbonyl (C=O) groups is 2. The van der Waals surface area contributed by atoms with Crippen LogP contribution in [0.3, 0.4) is 0 Å². The minimum absolute atomic E-state index is 0. The molecule has 3 heterocycles. The molecule has 0 amide bonds. The van der Waals surface area contributed by atoms with Gasteiger partial charge in [-0.2, -0.15) is 5.26 Å². The van der Waals surface area contributed by atoms with E-state index >= 15 is 0 Å². The number of methoxy groups -OCH3 is 1. The molecule has 13 nitrogen and oxygen atoms in total. The number of carboxylic acid groups (broad SMARTS) is 1. The predicted molar refractivity (Wildman–Crippen MR) is 225 cm³/mol. The predicted octanol–water partition coefficient (Wildman–Crippen LogP) is 7.55. The molecule has 55 heavy (non-hydrogen) atoms. The van der Waals surface area contributed by atoms with Gasteiger partial charge in [-0.15, -0.1) is 17.0 Å². The van der Waals surface area contributed by atoms with Gasteiger partial charge in [0.25, 0.3) is 0 Å². The normalized spacial score (nSPS) is 8.78. The number of nitriles is 1. The smallest absolute Gasteiger partial charge is 0.339 e. The number of pyridine rings is 3. The fraction of sp³-hybridized carbons (Fsp3) is 0.211. The molecule has 3 aromatic carbocycles. The molecule has 0 atom stereocenters. The van der Waals surface area contributed by atoms with Gasteiger partial charge in [0, 0.05) is 91.2 Å². The fourth-order valence-electron chi connectivity index (χ4n) is 3.72. The van der Waals surface area contributed by atoms with Gasteiger partial charge >= 0.3 is 11.9 Å². The minimum atomic E-state index is -1.67. The first kappa shape index (κ1) is 54.7. The van der Waals surface area contributed by atoms with Crippen LogP contribution in [0.25, 0.3) is 32.7 Å². The highest BCUT2D eigenvalue weighted by molar-refractivity contribution is 8.93. The number of esters is 1. The van der Waals surface area contributed by atoms with Crippen LogP contribution in [0.15, 0.2) is 110 Å². The van der Waals surface area contributed by atoms with Crippen LogP contribution >= 0.6 is 38.3 Å². The van der Waals surface area contributed by atoms with Crippen LogP contribution in [-0.2, 0) is 18.7 Å². The van der Waals surface area contributed by atoms with E-state index in [9.17, 15) is 9.59 Å². The number of carboxylic acids is 1. The Bertz CT molecular complexity index is 2020. The van der Waals surface area contributed by atoms with Gasteiger partial charge in [-0.3, -0.25) is 15.0 Å². The lowest BCUT2D eigenvalue weighted by molar-refractivity contribution is 0.0525. The van der Waals surface area contributed by atoms with Crippen molar-refractivity contribution >= 4 is 92.2 Å². The maximum atomic E-state index is 11.4. The lowest BCUT2D eigenvalue weighted by Gasteiger charge is -2.02. The molecular weight excluding hydrogens is 839 g/mol. The molecule has 6 aromatic rings. The number of aliphatic hydroxyl groups is 3. The maximum absolute atomic E-state index is 11.4. The van der Waals surface area contributed by atoms with Crippen LogP contribution in [0.5, 0.6) is 0 Å². The second-order valence-electron chi connectivity index (χ2n) is 9.30. The molecule has 298 valence electrons. The molecule has 0 aliphatic rings. The number of aliphatic hydroxyl groups excluding tert-OH is 3. The Kier molecular flexibility index (Phi) is 34.9. The molecular formula is C38H45BrCl2N4O9S. The Balaban J connectivity index is -0.000000629. The minimum Gasteiger partial charge on any atom is -0.478 e. The van der Waals surface area contributed by atoms with E-state index in [1.807, 2.05) is 78.9 Å². The molecule has 0 unspecified atom stereocenters. The van der Waals surface area contributed by atoms with Gasteiger partial charge in [-0.05, 0) is 50.2 Å². The molecule has 0 spiro atoms. The zero-order valence-corrected chi connectivity index (χ0v) is 35.0. The van der Waals surface area contributed by atoms with E-state index in [0.717, 1.165) is 46.9 Å². The second kappa shape index (κ2) is 35.1. The standard InChI is InChI=1S/C12H11NO2.C10H6N2.C10H7NO2.2C2H6O.2CH4O.BrH.Cl2OS/c1-2-15-12(14)10-7-9-5-3-4-6-11(9)13-8-10;11-6-8-5-9-3-1-2-4-10(9)12-7-8;12-10(13)8-5-7-3-1-2-4-9(7)11-6-8;1-3-2;1-2-3;2*1-2;;1-4(2)3/h3-8H,2H2,1H3;1-5,7H;1-6H,(H,12,13);1-2H3;3H,2H2,1H3;2*2H,1H3;1H;. The molecule has 3 aromatic heterocycles. The van der Waals surface area contributed by atoms with Gasteiger partial charge in [0.15, 0.2) is 0 Å². The Morgan fingerprint density at radius 2 is 1.05 bits per heavy atom. The maximum Gasteiger partial charge on any atom is 0.339 e. The molecule has 0 radical (unpaired) electrons. The van der Waals surface area contributed by atoms with Gasteiger partial charge in [-0.25, -0.2) is 13.8 Å². The third-order valence-corrected chi connectivity index (χ3v) is 5.66. The number of para-hydroxylation sites is 3. The van der Waals surface area contributed by atoms with Crippen molar-refractivity contribution in [2.75, 3.05) is 41.7 Å². The molecule has 0 aliphatic carbocycles. The molecule has 0 saturated carbocycles. The van der Waals surface area contributed by atoms with Crippen LogP contribution in [0, 0.1) is 11.3 Å². The first-order valence-corrected chi connectivity index (χ1v) is 18.3. The summed E-state index contributed by atoms with van der Waals surface area (Å²) < 4.78 is 18.2. The summed E-state index contributed by atoms with van der Waals surface area (Å²) in [5, 5.41) is 41.7. The van der Waals surface area contributed by atoms with Crippen molar-refractivity contribution in [2.24, 2.45) is 0 Å². The van der Waals surface area contributed by atoms with Gasteiger partial charge in [0.1, 0.15) is 6.07 Å².